The van der Waals surface area contributed by atoms with Crippen LogP contribution in [0.15, 0.2) is 41.3 Å². The van der Waals surface area contributed by atoms with E-state index in [1.807, 2.05) is 5.40 Å². The molecule has 86 valence electrons. The quantitative estimate of drug-likeness (QED) is 0.475. The summed E-state index contributed by atoms with van der Waals surface area (Å²) < 4.78 is 0. The van der Waals surface area contributed by atoms with Gasteiger partial charge in [0.2, 0.25) is 11.8 Å². The van der Waals surface area contributed by atoms with Gasteiger partial charge < -0.3 is 11.1 Å². The molecule has 5 nitrogen and oxygen atoms in total. The van der Waals surface area contributed by atoms with Crippen molar-refractivity contribution in [1.82, 2.24) is 0 Å². The molecule has 0 aliphatic rings. The van der Waals surface area contributed by atoms with E-state index in [0.717, 1.165) is 28.8 Å². The van der Waals surface area contributed by atoms with E-state index in [2.05, 4.69) is 5.32 Å². The smallest absolute Gasteiger partial charge is 0.248 e. The van der Waals surface area contributed by atoms with Gasteiger partial charge >= 0.3 is 0 Å². The highest BCUT2D eigenvalue weighted by molar-refractivity contribution is 8.03. The van der Waals surface area contributed by atoms with Gasteiger partial charge in [-0.2, -0.15) is 5.26 Å². The largest absolute Gasteiger partial charge is 0.366 e. The van der Waals surface area contributed by atoms with E-state index in [-0.39, 0.29) is 0 Å². The third-order valence-corrected chi connectivity index (χ3v) is 2.28. The summed E-state index contributed by atoms with van der Waals surface area (Å²) in [5.74, 6) is -1.12. The van der Waals surface area contributed by atoms with Gasteiger partial charge in [0.25, 0.3) is 0 Å². The lowest BCUT2D eigenvalue weighted by atomic mass is 10.3. The van der Waals surface area contributed by atoms with Gasteiger partial charge in [-0.05, 0) is 36.0 Å². The number of rotatable bonds is 4. The van der Waals surface area contributed by atoms with E-state index in [1.54, 1.807) is 24.3 Å². The molecule has 2 amide bonds. The van der Waals surface area contributed by atoms with Crippen molar-refractivity contribution in [2.75, 3.05) is 5.32 Å². The van der Waals surface area contributed by atoms with Gasteiger partial charge in [-0.25, -0.2) is 0 Å². The van der Waals surface area contributed by atoms with Crippen molar-refractivity contribution in [2.45, 2.75) is 4.90 Å². The molecule has 0 atom stereocenters. The zero-order chi connectivity index (χ0) is 12.7. The van der Waals surface area contributed by atoms with E-state index in [9.17, 15) is 9.59 Å². The minimum absolute atomic E-state index is 0.440. The highest BCUT2D eigenvalue weighted by atomic mass is 32.2. The maximum Gasteiger partial charge on any atom is 0.248 e. The summed E-state index contributed by atoms with van der Waals surface area (Å²) in [7, 11) is 0. The standard InChI is InChI=1S/C11H9N3O2S/c12-7-17-9-3-1-8(2-4-9)14-11(16)6-5-10(13)15/h1-6H,(H2,13,15)(H,14,16)/b6-5-. The third kappa shape index (κ3) is 4.86. The van der Waals surface area contributed by atoms with E-state index in [1.165, 1.54) is 0 Å². The van der Waals surface area contributed by atoms with Crippen molar-refractivity contribution in [3.63, 3.8) is 0 Å². The monoisotopic (exact) mass is 247 g/mol. The first kappa shape index (κ1) is 12.8. The van der Waals surface area contributed by atoms with Crippen LogP contribution >= 0.6 is 11.8 Å². The molecule has 0 unspecified atom stereocenters. The zero-order valence-electron chi connectivity index (χ0n) is 8.71. The maximum absolute atomic E-state index is 11.3. The molecular formula is C11H9N3O2S. The maximum atomic E-state index is 11.3. The molecule has 0 saturated carbocycles. The van der Waals surface area contributed by atoms with E-state index < -0.39 is 11.8 Å². The van der Waals surface area contributed by atoms with Gasteiger partial charge in [0, 0.05) is 22.7 Å². The van der Waals surface area contributed by atoms with Crippen molar-refractivity contribution in [1.29, 1.82) is 5.26 Å². The summed E-state index contributed by atoms with van der Waals surface area (Å²) in [6, 6.07) is 6.74. The van der Waals surface area contributed by atoms with Crippen LogP contribution in [0.1, 0.15) is 0 Å². The average Bonchev–Trinajstić information content (AvgIpc) is 2.29. The van der Waals surface area contributed by atoms with Crippen LogP contribution < -0.4 is 11.1 Å². The minimum Gasteiger partial charge on any atom is -0.366 e. The molecule has 0 aliphatic heterocycles. The van der Waals surface area contributed by atoms with E-state index in [4.69, 9.17) is 11.0 Å². The summed E-state index contributed by atoms with van der Waals surface area (Å²) in [5, 5.41) is 12.9. The molecule has 0 heterocycles. The molecule has 0 fully saturated rings. The fraction of sp³-hybridized carbons (Fsp3) is 0. The Balaban J connectivity index is 2.60. The van der Waals surface area contributed by atoms with Crippen molar-refractivity contribution in [3.05, 3.63) is 36.4 Å². The van der Waals surface area contributed by atoms with Crippen LogP contribution in [-0.4, -0.2) is 11.8 Å². The second-order valence-corrected chi connectivity index (χ2v) is 3.80. The second kappa shape index (κ2) is 6.35. The highest BCUT2D eigenvalue weighted by Crippen LogP contribution is 2.18. The first-order chi connectivity index (χ1) is 8.11. The lowest BCUT2D eigenvalue weighted by Gasteiger charge is -2.01. The third-order valence-electron chi connectivity index (χ3n) is 1.68. The summed E-state index contributed by atoms with van der Waals surface area (Å²) in [4.78, 5) is 22.4. The first-order valence-electron chi connectivity index (χ1n) is 4.56. The number of hydrogen-bond donors (Lipinski definition) is 2. The van der Waals surface area contributed by atoms with E-state index >= 15 is 0 Å². The fourth-order valence-electron chi connectivity index (χ4n) is 1.00. The minimum atomic E-state index is -0.680. The number of thiocyanates is 1. The summed E-state index contributed by atoms with van der Waals surface area (Å²) >= 11 is 1.03. The predicted octanol–water partition coefficient (Wildman–Crippen LogP) is 1.24. The summed E-state index contributed by atoms with van der Waals surface area (Å²) in [6.45, 7) is 0. The van der Waals surface area contributed by atoms with Crippen molar-refractivity contribution in [3.8, 4) is 5.40 Å². The number of thioether (sulfide) groups is 1. The van der Waals surface area contributed by atoms with Crippen molar-refractivity contribution >= 4 is 29.3 Å². The SMILES string of the molecule is N#CSc1ccc(NC(=O)/C=C\C(N)=O)cc1. The van der Waals surface area contributed by atoms with Gasteiger partial charge in [0.15, 0.2) is 0 Å². The van der Waals surface area contributed by atoms with Crippen LogP contribution in [0, 0.1) is 10.7 Å². The molecule has 6 heteroatoms. The Bertz CT molecular complexity index is 488. The van der Waals surface area contributed by atoms with Crippen LogP contribution in [0.2, 0.25) is 0 Å². The number of hydrogen-bond acceptors (Lipinski definition) is 4. The fourth-order valence-corrected chi connectivity index (χ4v) is 1.38. The number of amides is 2. The van der Waals surface area contributed by atoms with Gasteiger partial charge in [-0.1, -0.05) is 0 Å². The molecule has 17 heavy (non-hydrogen) atoms. The molecule has 3 N–H and O–H groups in total. The number of nitriles is 1. The van der Waals surface area contributed by atoms with Crippen LogP contribution in [-0.2, 0) is 9.59 Å². The number of carbonyl (C=O) groups excluding carboxylic acids is 2. The van der Waals surface area contributed by atoms with Crippen LogP contribution in [0.25, 0.3) is 0 Å². The molecule has 0 aromatic heterocycles. The highest BCUT2D eigenvalue weighted by Gasteiger charge is 1.99. The molecular weight excluding hydrogens is 238 g/mol. The number of carbonyl (C=O) groups is 2. The normalized spacial score (nSPS) is 9.82. The van der Waals surface area contributed by atoms with Gasteiger partial charge in [-0.3, -0.25) is 9.59 Å². The Morgan fingerprint density at radius 3 is 2.47 bits per heavy atom. The van der Waals surface area contributed by atoms with Crippen LogP contribution in [0.5, 0.6) is 0 Å². The van der Waals surface area contributed by atoms with Crippen LogP contribution in [0.3, 0.4) is 0 Å². The Labute approximate surface area is 102 Å². The topological polar surface area (TPSA) is 96.0 Å². The van der Waals surface area contributed by atoms with E-state index in [0.29, 0.717) is 5.69 Å². The Morgan fingerprint density at radius 1 is 1.29 bits per heavy atom. The number of benzene rings is 1. The van der Waals surface area contributed by atoms with Gasteiger partial charge in [0.1, 0.15) is 5.40 Å². The number of primary amides is 1. The van der Waals surface area contributed by atoms with Gasteiger partial charge in [0.05, 0.1) is 0 Å². The van der Waals surface area contributed by atoms with Crippen molar-refractivity contribution in [2.24, 2.45) is 5.73 Å². The second-order valence-electron chi connectivity index (χ2n) is 2.94. The first-order valence-corrected chi connectivity index (χ1v) is 5.38. The lowest BCUT2D eigenvalue weighted by Crippen LogP contribution is -2.11. The molecule has 1 rings (SSSR count). The number of nitrogens with zero attached hydrogens (tertiary/aromatic N) is 1. The number of anilines is 1. The molecule has 0 spiro atoms. The Hall–Kier alpha value is -2.26. The summed E-state index contributed by atoms with van der Waals surface area (Å²) in [6.07, 6.45) is 2.04. The lowest BCUT2D eigenvalue weighted by molar-refractivity contribution is -0.115. The summed E-state index contributed by atoms with van der Waals surface area (Å²) in [5.41, 5.74) is 5.42. The van der Waals surface area contributed by atoms with Gasteiger partial charge in [-0.15, -0.1) is 0 Å². The molecule has 0 aliphatic carbocycles. The number of nitrogens with two attached hydrogens (primary N) is 1. The predicted molar refractivity (Wildman–Crippen MR) is 64.9 cm³/mol. The molecule has 1 aromatic rings. The average molecular weight is 247 g/mol. The Morgan fingerprint density at radius 2 is 1.94 bits per heavy atom. The molecule has 0 radical (unpaired) electrons. The molecule has 1 aromatic carbocycles. The molecule has 0 saturated heterocycles. The molecule has 0 bridgehead atoms. The zero-order valence-corrected chi connectivity index (χ0v) is 9.53. The van der Waals surface area contributed by atoms with Crippen molar-refractivity contribution < 1.29 is 9.59 Å². The number of nitrogens with one attached hydrogen (secondary N) is 1. The van der Waals surface area contributed by atoms with Crippen LogP contribution in [0.4, 0.5) is 5.69 Å². The Kier molecular flexibility index (Phi) is 4.78.